The van der Waals surface area contributed by atoms with Gasteiger partial charge in [-0.25, -0.2) is 0 Å². The van der Waals surface area contributed by atoms with Crippen molar-refractivity contribution in [3.63, 3.8) is 0 Å². The molecule has 0 aliphatic rings. The fraction of sp³-hybridized carbons (Fsp3) is 0.308. The van der Waals surface area contributed by atoms with Crippen LogP contribution in [0.1, 0.15) is 11.3 Å². The predicted molar refractivity (Wildman–Crippen MR) is 63.4 cm³/mol. The van der Waals surface area contributed by atoms with Crippen LogP contribution in [0.15, 0.2) is 34.9 Å². The average Bonchev–Trinajstić information content (AvgIpc) is 2.79. The van der Waals surface area contributed by atoms with Gasteiger partial charge in [0.05, 0.1) is 13.2 Å². The molecular formula is C13H15NO3. The van der Waals surface area contributed by atoms with E-state index in [4.69, 9.17) is 14.4 Å². The minimum Gasteiger partial charge on any atom is -0.396 e. The Hall–Kier alpha value is -1.65. The molecule has 2 aromatic rings. The van der Waals surface area contributed by atoms with Crippen LogP contribution >= 0.6 is 0 Å². The van der Waals surface area contributed by atoms with Crippen LogP contribution in [0.3, 0.4) is 0 Å². The molecule has 0 saturated carbocycles. The highest BCUT2D eigenvalue weighted by Crippen LogP contribution is 2.24. The summed E-state index contributed by atoms with van der Waals surface area (Å²) in [5, 5.41) is 12.8. The Labute approximate surface area is 99.8 Å². The first kappa shape index (κ1) is 11.8. The van der Waals surface area contributed by atoms with Gasteiger partial charge in [0.2, 0.25) is 0 Å². The van der Waals surface area contributed by atoms with Crippen molar-refractivity contribution in [1.82, 2.24) is 5.16 Å². The van der Waals surface area contributed by atoms with Gasteiger partial charge in [0, 0.05) is 25.2 Å². The molecule has 1 aromatic heterocycles. The summed E-state index contributed by atoms with van der Waals surface area (Å²) < 4.78 is 10.3. The molecule has 17 heavy (non-hydrogen) atoms. The summed E-state index contributed by atoms with van der Waals surface area (Å²) in [5.41, 5.74) is 2.85. The lowest BCUT2D eigenvalue weighted by Gasteiger charge is -2.04. The van der Waals surface area contributed by atoms with E-state index in [1.54, 1.807) is 7.11 Å². The molecule has 4 nitrogen and oxygen atoms in total. The van der Waals surface area contributed by atoms with Gasteiger partial charge >= 0.3 is 0 Å². The Morgan fingerprint density at radius 2 is 2.18 bits per heavy atom. The summed E-state index contributed by atoms with van der Waals surface area (Å²) in [6, 6.07) is 9.75. The van der Waals surface area contributed by atoms with Crippen LogP contribution in [0.5, 0.6) is 0 Å². The summed E-state index contributed by atoms with van der Waals surface area (Å²) in [4.78, 5) is 0. The Balaban J connectivity index is 2.31. The fourth-order valence-corrected chi connectivity index (χ4v) is 1.72. The highest BCUT2D eigenvalue weighted by molar-refractivity contribution is 5.63. The molecule has 1 aromatic carbocycles. The third-order valence-corrected chi connectivity index (χ3v) is 2.51. The quantitative estimate of drug-likeness (QED) is 0.858. The average molecular weight is 233 g/mol. The molecule has 0 amide bonds. The van der Waals surface area contributed by atoms with E-state index in [-0.39, 0.29) is 6.61 Å². The number of aliphatic hydroxyl groups excluding tert-OH is 1. The number of hydrogen-bond donors (Lipinski definition) is 1. The standard InChI is InChI=1S/C13H15NO3/c1-16-9-10-4-2-3-5-12(10)13-8-11(6-7-15)17-14-13/h2-5,8,15H,6-7,9H2,1H3. The molecule has 0 fully saturated rings. The predicted octanol–water partition coefficient (Wildman–Crippen LogP) is 2.02. The molecule has 0 unspecified atom stereocenters. The maximum atomic E-state index is 8.83. The van der Waals surface area contributed by atoms with Crippen molar-refractivity contribution in [3.05, 3.63) is 41.7 Å². The van der Waals surface area contributed by atoms with Crippen LogP contribution in [0.4, 0.5) is 0 Å². The van der Waals surface area contributed by atoms with Crippen molar-refractivity contribution < 1.29 is 14.4 Å². The Morgan fingerprint density at radius 1 is 1.35 bits per heavy atom. The molecule has 0 radical (unpaired) electrons. The second kappa shape index (κ2) is 5.61. The van der Waals surface area contributed by atoms with Gasteiger partial charge in [-0.05, 0) is 5.56 Å². The SMILES string of the molecule is COCc1ccccc1-c1cc(CCO)on1. The smallest absolute Gasteiger partial charge is 0.139 e. The molecule has 0 bridgehead atoms. The van der Waals surface area contributed by atoms with E-state index in [0.717, 1.165) is 16.8 Å². The van der Waals surface area contributed by atoms with Crippen molar-refractivity contribution in [2.75, 3.05) is 13.7 Å². The van der Waals surface area contributed by atoms with Crippen molar-refractivity contribution >= 4 is 0 Å². The summed E-state index contributed by atoms with van der Waals surface area (Å²) in [6.07, 6.45) is 0.486. The lowest BCUT2D eigenvalue weighted by atomic mass is 10.0. The van der Waals surface area contributed by atoms with Gasteiger partial charge < -0.3 is 14.4 Å². The van der Waals surface area contributed by atoms with Crippen molar-refractivity contribution in [1.29, 1.82) is 0 Å². The zero-order valence-corrected chi connectivity index (χ0v) is 9.72. The van der Waals surface area contributed by atoms with Crippen LogP contribution in [-0.2, 0) is 17.8 Å². The van der Waals surface area contributed by atoms with E-state index in [1.165, 1.54) is 0 Å². The number of aliphatic hydroxyl groups is 1. The molecule has 90 valence electrons. The molecule has 4 heteroatoms. The molecular weight excluding hydrogens is 218 g/mol. The van der Waals surface area contributed by atoms with Gasteiger partial charge in [-0.2, -0.15) is 0 Å². The van der Waals surface area contributed by atoms with E-state index in [9.17, 15) is 0 Å². The van der Waals surface area contributed by atoms with Gasteiger partial charge in [-0.15, -0.1) is 0 Å². The number of aromatic nitrogens is 1. The summed E-state index contributed by atoms with van der Waals surface area (Å²) >= 11 is 0. The first-order chi connectivity index (χ1) is 8.35. The van der Waals surface area contributed by atoms with Crippen molar-refractivity contribution in [3.8, 4) is 11.3 Å². The molecule has 0 aliphatic carbocycles. The van der Waals surface area contributed by atoms with Gasteiger partial charge in [-0.1, -0.05) is 29.4 Å². The van der Waals surface area contributed by atoms with E-state index in [1.807, 2.05) is 30.3 Å². The van der Waals surface area contributed by atoms with E-state index >= 15 is 0 Å². The number of ether oxygens (including phenoxy) is 1. The topological polar surface area (TPSA) is 55.5 Å². The Bertz CT molecular complexity index is 479. The second-order valence-corrected chi connectivity index (χ2v) is 3.74. The second-order valence-electron chi connectivity index (χ2n) is 3.74. The summed E-state index contributed by atoms with van der Waals surface area (Å²) in [5.74, 6) is 0.690. The number of hydrogen-bond acceptors (Lipinski definition) is 4. The van der Waals surface area contributed by atoms with Gasteiger partial charge in [0.15, 0.2) is 0 Å². The first-order valence-electron chi connectivity index (χ1n) is 5.49. The molecule has 0 atom stereocenters. The summed E-state index contributed by atoms with van der Waals surface area (Å²) in [7, 11) is 1.66. The van der Waals surface area contributed by atoms with Crippen LogP contribution in [-0.4, -0.2) is 24.0 Å². The highest BCUT2D eigenvalue weighted by atomic mass is 16.5. The van der Waals surface area contributed by atoms with Crippen LogP contribution < -0.4 is 0 Å². The Morgan fingerprint density at radius 3 is 2.94 bits per heavy atom. The number of nitrogens with zero attached hydrogens (tertiary/aromatic N) is 1. The minimum absolute atomic E-state index is 0.0638. The zero-order valence-electron chi connectivity index (χ0n) is 9.72. The Kier molecular flexibility index (Phi) is 3.90. The van der Waals surface area contributed by atoms with E-state index < -0.39 is 0 Å². The molecule has 0 spiro atoms. The largest absolute Gasteiger partial charge is 0.396 e. The van der Waals surface area contributed by atoms with Crippen molar-refractivity contribution in [2.24, 2.45) is 0 Å². The third-order valence-electron chi connectivity index (χ3n) is 2.51. The van der Waals surface area contributed by atoms with Crippen molar-refractivity contribution in [2.45, 2.75) is 13.0 Å². The van der Waals surface area contributed by atoms with Crippen LogP contribution in [0.2, 0.25) is 0 Å². The number of benzene rings is 1. The number of rotatable bonds is 5. The maximum Gasteiger partial charge on any atom is 0.139 e. The normalized spacial score (nSPS) is 10.7. The lowest BCUT2D eigenvalue weighted by Crippen LogP contribution is -1.91. The third kappa shape index (κ3) is 2.72. The maximum absolute atomic E-state index is 8.83. The van der Waals surface area contributed by atoms with Crippen LogP contribution in [0.25, 0.3) is 11.3 Å². The monoisotopic (exact) mass is 233 g/mol. The van der Waals surface area contributed by atoms with Gasteiger partial charge in [0.25, 0.3) is 0 Å². The van der Waals surface area contributed by atoms with Gasteiger partial charge in [-0.3, -0.25) is 0 Å². The molecule has 2 rings (SSSR count). The molecule has 1 heterocycles. The molecule has 1 N–H and O–H groups in total. The molecule has 0 saturated heterocycles. The highest BCUT2D eigenvalue weighted by Gasteiger charge is 2.09. The first-order valence-corrected chi connectivity index (χ1v) is 5.49. The fourth-order valence-electron chi connectivity index (χ4n) is 1.72. The van der Waals surface area contributed by atoms with E-state index in [2.05, 4.69) is 5.16 Å². The zero-order chi connectivity index (χ0) is 12.1. The lowest BCUT2D eigenvalue weighted by molar-refractivity contribution is 0.185. The minimum atomic E-state index is 0.0638. The van der Waals surface area contributed by atoms with E-state index in [0.29, 0.717) is 18.8 Å². The van der Waals surface area contributed by atoms with Crippen LogP contribution in [0, 0.1) is 0 Å². The number of methoxy groups -OCH3 is 1. The van der Waals surface area contributed by atoms with Gasteiger partial charge in [0.1, 0.15) is 11.5 Å². The molecule has 0 aliphatic heterocycles. The summed E-state index contributed by atoms with van der Waals surface area (Å²) in [6.45, 7) is 0.604.